The number of fused-ring (bicyclic) bond motifs is 1. The van der Waals surface area contributed by atoms with Crippen LogP contribution in [0.5, 0.6) is 0 Å². The lowest BCUT2D eigenvalue weighted by molar-refractivity contribution is -0.142. The maximum Gasteiger partial charge on any atom is 0.326 e. The molecule has 1 saturated heterocycles. The van der Waals surface area contributed by atoms with Crippen LogP contribution >= 0.6 is 11.8 Å². The molecule has 3 aromatic rings. The first-order valence-corrected chi connectivity index (χ1v) is 17.5. The number of benzene rings is 1. The largest absolute Gasteiger partial charge is 0.480 e. The third-order valence-electron chi connectivity index (χ3n) is 7.80. The number of carbonyl (C=O) groups excluding carboxylic acids is 5. The number of aryl methyl sites for hydroxylation is 1. The lowest BCUT2D eigenvalue weighted by Crippen LogP contribution is -2.41. The number of hydrogen-bond acceptors (Lipinski definition) is 13. The van der Waals surface area contributed by atoms with Gasteiger partial charge in [-0.2, -0.15) is 0 Å². The van der Waals surface area contributed by atoms with E-state index in [0.717, 1.165) is 17.7 Å². The van der Waals surface area contributed by atoms with Gasteiger partial charge in [-0.15, -0.1) is 11.8 Å². The number of rotatable bonds is 20. The van der Waals surface area contributed by atoms with Crippen molar-refractivity contribution >= 4 is 64.0 Å². The van der Waals surface area contributed by atoms with Crippen LogP contribution in [0.2, 0.25) is 0 Å². The highest BCUT2D eigenvalue weighted by Crippen LogP contribution is 2.24. The summed E-state index contributed by atoms with van der Waals surface area (Å²) in [5, 5.41) is 20.3. The standard InChI is InChI=1S/C33H41N9O8S/c1-3-4-11-35-26(44)18-42-27(45)14-25(32(42)48)51-13-12-34-17-23(43)9-10-24(33(49)50)41-30(46)20-5-7-21(8-6-20)36-15-22-16-37-29-28(40-22)31(47)39-19(2)38-29/h5-8,16,24-25,34,36H,3-4,9-15,17-18H2,1-2H3,(H,35,44)(H,41,46)(H,49,50)(H,37,38,39,47)/t24-,25?/m0/s1. The molecule has 1 fully saturated rings. The zero-order chi connectivity index (χ0) is 36.9. The lowest BCUT2D eigenvalue weighted by atomic mass is 10.1. The van der Waals surface area contributed by atoms with Gasteiger partial charge in [-0.3, -0.25) is 33.7 Å². The Morgan fingerprint density at radius 1 is 1.10 bits per heavy atom. The van der Waals surface area contributed by atoms with Crippen LogP contribution in [-0.4, -0.2) is 109 Å². The van der Waals surface area contributed by atoms with Crippen LogP contribution in [0.15, 0.2) is 35.3 Å². The topological polar surface area (TPSA) is 246 Å². The molecule has 0 aliphatic carbocycles. The van der Waals surface area contributed by atoms with Crippen molar-refractivity contribution in [2.45, 2.75) is 63.8 Å². The van der Waals surface area contributed by atoms with Crippen molar-refractivity contribution in [1.29, 1.82) is 0 Å². The number of carboxylic acids is 1. The average Bonchev–Trinajstić information content (AvgIpc) is 3.36. The lowest BCUT2D eigenvalue weighted by Gasteiger charge is -2.15. The van der Waals surface area contributed by atoms with E-state index < -0.39 is 35.0 Å². The van der Waals surface area contributed by atoms with E-state index in [4.69, 9.17) is 0 Å². The van der Waals surface area contributed by atoms with Gasteiger partial charge in [0.15, 0.2) is 11.2 Å². The Morgan fingerprint density at radius 3 is 2.59 bits per heavy atom. The number of imide groups is 1. The number of aromatic nitrogens is 4. The molecule has 18 heteroatoms. The summed E-state index contributed by atoms with van der Waals surface area (Å²) in [6.45, 7) is 4.41. The number of nitrogens with one attached hydrogen (secondary N) is 5. The molecule has 1 unspecified atom stereocenters. The molecule has 1 aliphatic rings. The predicted octanol–water partition coefficient (Wildman–Crippen LogP) is 0.533. The number of hydrogen-bond donors (Lipinski definition) is 6. The molecule has 4 rings (SSSR count). The summed E-state index contributed by atoms with van der Waals surface area (Å²) in [5.74, 6) is -2.44. The highest BCUT2D eigenvalue weighted by molar-refractivity contribution is 8.00. The molecule has 0 bridgehead atoms. The van der Waals surface area contributed by atoms with Crippen LogP contribution in [-0.2, 0) is 30.5 Å². The van der Waals surface area contributed by atoms with E-state index in [-0.39, 0.29) is 72.9 Å². The van der Waals surface area contributed by atoms with Gasteiger partial charge in [0.25, 0.3) is 11.5 Å². The fourth-order valence-corrected chi connectivity index (χ4v) is 6.10. The number of ketones is 1. The number of carboxylic acid groups (broad SMARTS) is 1. The zero-order valence-electron chi connectivity index (χ0n) is 28.3. The summed E-state index contributed by atoms with van der Waals surface area (Å²) in [5.41, 5.74) is 1.34. The molecule has 51 heavy (non-hydrogen) atoms. The summed E-state index contributed by atoms with van der Waals surface area (Å²) in [6.07, 6.45) is 3.04. The number of unbranched alkanes of at least 4 members (excludes halogenated alkanes) is 1. The number of amides is 4. The highest BCUT2D eigenvalue weighted by Gasteiger charge is 2.39. The number of likely N-dealkylation sites (tertiary alicyclic amines) is 1. The predicted molar refractivity (Wildman–Crippen MR) is 188 cm³/mol. The molecule has 2 atom stereocenters. The van der Waals surface area contributed by atoms with Gasteiger partial charge in [-0.25, -0.2) is 19.7 Å². The maximum atomic E-state index is 12.8. The van der Waals surface area contributed by atoms with Gasteiger partial charge < -0.3 is 31.4 Å². The number of anilines is 1. The second-order valence-corrected chi connectivity index (χ2v) is 13.1. The Hall–Kier alpha value is -5.23. The number of nitrogens with zero attached hydrogens (tertiary/aromatic N) is 4. The number of H-pyrrole nitrogens is 1. The molecule has 4 amide bonds. The van der Waals surface area contributed by atoms with E-state index in [1.54, 1.807) is 19.1 Å². The minimum Gasteiger partial charge on any atom is -0.480 e. The summed E-state index contributed by atoms with van der Waals surface area (Å²) < 4.78 is 0. The van der Waals surface area contributed by atoms with E-state index in [9.17, 15) is 38.7 Å². The van der Waals surface area contributed by atoms with Crippen LogP contribution in [0.1, 0.15) is 60.9 Å². The van der Waals surface area contributed by atoms with Gasteiger partial charge >= 0.3 is 5.97 Å². The van der Waals surface area contributed by atoms with Crippen molar-refractivity contribution in [1.82, 2.24) is 40.8 Å². The van der Waals surface area contributed by atoms with Crippen LogP contribution < -0.4 is 26.8 Å². The number of Topliss-reactive ketones (excluding diaryl/α,β-unsaturated/α-hetero) is 1. The first-order chi connectivity index (χ1) is 24.4. The maximum absolute atomic E-state index is 12.8. The van der Waals surface area contributed by atoms with Crippen LogP contribution in [0.3, 0.4) is 0 Å². The molecule has 272 valence electrons. The fraction of sp³-hybridized carbons (Fsp3) is 0.455. The van der Waals surface area contributed by atoms with Crippen molar-refractivity contribution in [2.24, 2.45) is 0 Å². The molecule has 1 aliphatic heterocycles. The van der Waals surface area contributed by atoms with E-state index in [2.05, 4.69) is 41.2 Å². The van der Waals surface area contributed by atoms with Crippen LogP contribution in [0.4, 0.5) is 5.69 Å². The van der Waals surface area contributed by atoms with E-state index in [1.807, 2.05) is 6.92 Å². The first-order valence-electron chi connectivity index (χ1n) is 16.5. The van der Waals surface area contributed by atoms with Gasteiger partial charge in [-0.1, -0.05) is 13.3 Å². The summed E-state index contributed by atoms with van der Waals surface area (Å²) in [6, 6.07) is 5.02. The molecule has 1 aromatic carbocycles. The molecular formula is C33H41N9O8S. The number of aliphatic carboxylic acids is 1. The van der Waals surface area contributed by atoms with Crippen molar-refractivity contribution in [2.75, 3.05) is 37.2 Å². The fourth-order valence-electron chi connectivity index (χ4n) is 5.03. The molecule has 2 aromatic heterocycles. The van der Waals surface area contributed by atoms with Gasteiger partial charge in [0.2, 0.25) is 17.7 Å². The normalized spacial score (nSPS) is 14.8. The highest BCUT2D eigenvalue weighted by atomic mass is 32.2. The minimum absolute atomic E-state index is 0.0118. The van der Waals surface area contributed by atoms with E-state index in [0.29, 0.717) is 36.0 Å². The van der Waals surface area contributed by atoms with E-state index in [1.165, 1.54) is 30.1 Å². The van der Waals surface area contributed by atoms with Gasteiger partial charge in [0.1, 0.15) is 24.2 Å². The molecule has 0 radical (unpaired) electrons. The molecule has 17 nitrogen and oxygen atoms in total. The zero-order valence-corrected chi connectivity index (χ0v) is 29.1. The Balaban J connectivity index is 1.14. The Labute approximate surface area is 297 Å². The van der Waals surface area contributed by atoms with Crippen molar-refractivity contribution in [3.63, 3.8) is 0 Å². The minimum atomic E-state index is -1.29. The monoisotopic (exact) mass is 723 g/mol. The second kappa shape index (κ2) is 18.7. The first kappa shape index (κ1) is 38.6. The summed E-state index contributed by atoms with van der Waals surface area (Å²) >= 11 is 1.26. The molecule has 0 spiro atoms. The SMILES string of the molecule is CCCCNC(=O)CN1C(=O)CC(SCCNCC(=O)CC[C@H](NC(=O)c2ccc(NCc3cnc4nc(C)[nH]c(=O)c4n3)cc2)C(=O)O)C1=O. The third-order valence-corrected chi connectivity index (χ3v) is 9.01. The quantitative estimate of drug-likeness (QED) is 0.0688. The second-order valence-electron chi connectivity index (χ2n) is 11.8. The van der Waals surface area contributed by atoms with Crippen molar-refractivity contribution in [3.05, 3.63) is 57.9 Å². The summed E-state index contributed by atoms with van der Waals surface area (Å²) in [7, 11) is 0. The average molecular weight is 724 g/mol. The van der Waals surface area contributed by atoms with Crippen molar-refractivity contribution < 1.29 is 33.9 Å². The third kappa shape index (κ3) is 11.4. The van der Waals surface area contributed by atoms with Gasteiger partial charge in [0.05, 0.1) is 30.2 Å². The Bertz CT molecular complexity index is 1820. The van der Waals surface area contributed by atoms with Crippen LogP contribution in [0, 0.1) is 6.92 Å². The molecule has 3 heterocycles. The Morgan fingerprint density at radius 2 is 1.86 bits per heavy atom. The van der Waals surface area contributed by atoms with E-state index >= 15 is 0 Å². The molecule has 0 saturated carbocycles. The van der Waals surface area contributed by atoms with Crippen LogP contribution in [0.25, 0.3) is 11.2 Å². The number of carbonyl (C=O) groups is 6. The van der Waals surface area contributed by atoms with Gasteiger partial charge in [0, 0.05) is 42.9 Å². The smallest absolute Gasteiger partial charge is 0.326 e. The number of aromatic amines is 1. The van der Waals surface area contributed by atoms with Crippen molar-refractivity contribution in [3.8, 4) is 0 Å². The number of thioether (sulfide) groups is 1. The molecular weight excluding hydrogens is 682 g/mol. The van der Waals surface area contributed by atoms with Gasteiger partial charge in [-0.05, 0) is 44.0 Å². The summed E-state index contributed by atoms with van der Waals surface area (Å²) in [4.78, 5) is 102. The molecule has 6 N–H and O–H groups in total. The Kier molecular flexibility index (Phi) is 14.1.